The van der Waals surface area contributed by atoms with Gasteiger partial charge < -0.3 is 35.0 Å². The molecule has 12 nitrogen and oxygen atoms in total. The summed E-state index contributed by atoms with van der Waals surface area (Å²) in [7, 11) is -3.59. The van der Waals surface area contributed by atoms with Gasteiger partial charge in [-0.05, 0) is 17.7 Å². The lowest BCUT2D eigenvalue weighted by Gasteiger charge is -2.39. The van der Waals surface area contributed by atoms with Crippen LogP contribution in [0, 0.1) is 0 Å². The van der Waals surface area contributed by atoms with Gasteiger partial charge in [0.2, 0.25) is 0 Å². The van der Waals surface area contributed by atoms with E-state index in [1.165, 1.54) is 25.3 Å². The van der Waals surface area contributed by atoms with Crippen LogP contribution < -0.4 is 4.74 Å². The van der Waals surface area contributed by atoms with Crippen molar-refractivity contribution in [1.29, 1.82) is 0 Å². The van der Waals surface area contributed by atoms with E-state index in [4.69, 9.17) is 14.0 Å². The molecule has 1 aromatic rings. The van der Waals surface area contributed by atoms with Gasteiger partial charge in [-0.15, -0.1) is 0 Å². The fourth-order valence-electron chi connectivity index (χ4n) is 2.49. The number of aromatic hydroxyl groups is 1. The minimum atomic E-state index is -4.92. The first-order valence-electron chi connectivity index (χ1n) is 8.11. The highest BCUT2D eigenvalue weighted by molar-refractivity contribution is 8.14. The molecule has 2 rings (SSSR count). The highest BCUT2D eigenvalue weighted by Gasteiger charge is 2.44. The van der Waals surface area contributed by atoms with Crippen LogP contribution >= 0.6 is 11.8 Å². The van der Waals surface area contributed by atoms with Gasteiger partial charge in [0, 0.05) is 6.42 Å². The van der Waals surface area contributed by atoms with E-state index in [-0.39, 0.29) is 23.0 Å². The number of hydrogen-bond donors (Lipinski definition) is 6. The number of hydrogen-bond acceptors (Lipinski definition) is 12. The summed E-state index contributed by atoms with van der Waals surface area (Å²) in [6, 6.07) is 4.24. The second-order valence-corrected chi connectivity index (χ2v) is 8.16. The molecule has 1 heterocycles. The third-order valence-corrected chi connectivity index (χ3v) is 5.31. The third kappa shape index (κ3) is 6.42. The molecule has 0 aliphatic carbocycles. The summed E-state index contributed by atoms with van der Waals surface area (Å²) in [4.78, 5) is 0. The normalized spacial score (nSPS) is 28.2. The molecule has 14 heteroatoms. The standard InChI is InChI=1S/C15H21NO11S2/c1-25-9-4-7(2-3-8(9)18)5-11(16-27-29(22,23)24)28-15-14(21)13(20)12(19)10(6-17)26-15/h2-4,10,12-15,17-21H,5-6H2,1H3,(H,22,23,24)/t10-,12+,13+,14-,15+/m1/s1. The Labute approximate surface area is 170 Å². The zero-order valence-electron chi connectivity index (χ0n) is 15.0. The number of phenols is 1. The Kier molecular flexibility index (Phi) is 8.07. The van der Waals surface area contributed by atoms with Gasteiger partial charge in [0.25, 0.3) is 0 Å². The van der Waals surface area contributed by atoms with Crippen molar-refractivity contribution in [3.05, 3.63) is 23.8 Å². The lowest BCUT2D eigenvalue weighted by Crippen LogP contribution is -2.57. The quantitative estimate of drug-likeness (QED) is 0.122. The monoisotopic (exact) mass is 455 g/mol. The maximum absolute atomic E-state index is 10.9. The van der Waals surface area contributed by atoms with E-state index in [9.17, 15) is 34.0 Å². The topological polar surface area (TPSA) is 196 Å². The van der Waals surface area contributed by atoms with Crippen LogP contribution in [0.3, 0.4) is 0 Å². The summed E-state index contributed by atoms with van der Waals surface area (Å²) in [5.41, 5.74) is -0.775. The maximum atomic E-state index is 10.9. The number of oxime groups is 1. The number of phenolic OH excluding ortho intramolecular Hbond substituents is 1. The van der Waals surface area contributed by atoms with Crippen molar-refractivity contribution >= 4 is 27.2 Å². The third-order valence-electron chi connectivity index (χ3n) is 3.93. The molecule has 0 spiro atoms. The molecule has 1 aromatic carbocycles. The van der Waals surface area contributed by atoms with Crippen LogP contribution in [0.25, 0.3) is 0 Å². The second kappa shape index (κ2) is 9.90. The number of nitrogens with zero attached hydrogens (tertiary/aromatic N) is 1. The van der Waals surface area contributed by atoms with Gasteiger partial charge in [0.05, 0.1) is 13.7 Å². The van der Waals surface area contributed by atoms with Crippen LogP contribution in [0.2, 0.25) is 0 Å². The first-order chi connectivity index (χ1) is 13.6. The molecular weight excluding hydrogens is 434 g/mol. The van der Waals surface area contributed by atoms with E-state index in [2.05, 4.69) is 9.44 Å². The summed E-state index contributed by atoms with van der Waals surface area (Å²) in [5.74, 6) is 0.000833. The van der Waals surface area contributed by atoms with Gasteiger partial charge in [-0.2, -0.15) is 8.42 Å². The predicted octanol–water partition coefficient (Wildman–Crippen LogP) is -1.39. The molecule has 1 aliphatic rings. The van der Waals surface area contributed by atoms with Crippen LogP contribution in [-0.2, 0) is 25.8 Å². The van der Waals surface area contributed by atoms with Crippen molar-refractivity contribution in [2.24, 2.45) is 5.16 Å². The van der Waals surface area contributed by atoms with Crippen molar-refractivity contribution < 1.29 is 52.3 Å². The van der Waals surface area contributed by atoms with Crippen LogP contribution in [0.1, 0.15) is 5.56 Å². The molecule has 1 fully saturated rings. The maximum Gasteiger partial charge on any atom is 0.466 e. The molecule has 0 radical (unpaired) electrons. The second-order valence-electron chi connectivity index (χ2n) is 5.99. The zero-order chi connectivity index (χ0) is 21.8. The van der Waals surface area contributed by atoms with Crippen molar-refractivity contribution in [2.75, 3.05) is 13.7 Å². The number of aliphatic hydroxyl groups excluding tert-OH is 4. The van der Waals surface area contributed by atoms with Gasteiger partial charge in [0.15, 0.2) is 11.5 Å². The Morgan fingerprint density at radius 2 is 1.93 bits per heavy atom. The molecule has 0 bridgehead atoms. The lowest BCUT2D eigenvalue weighted by molar-refractivity contribution is -0.205. The molecule has 0 unspecified atom stereocenters. The summed E-state index contributed by atoms with van der Waals surface area (Å²) in [6.45, 7) is -0.648. The van der Waals surface area contributed by atoms with Gasteiger partial charge >= 0.3 is 10.4 Å². The number of thioether (sulfide) groups is 1. The van der Waals surface area contributed by atoms with Crippen LogP contribution in [0.5, 0.6) is 11.5 Å². The highest BCUT2D eigenvalue weighted by Crippen LogP contribution is 2.32. The van der Waals surface area contributed by atoms with E-state index in [0.29, 0.717) is 17.3 Å². The van der Waals surface area contributed by atoms with Crippen molar-refractivity contribution in [3.8, 4) is 11.5 Å². The van der Waals surface area contributed by atoms with Crippen LogP contribution in [0.4, 0.5) is 0 Å². The molecular formula is C15H21NO11S2. The minimum Gasteiger partial charge on any atom is -0.504 e. The largest absolute Gasteiger partial charge is 0.504 e. The van der Waals surface area contributed by atoms with Gasteiger partial charge in [-0.1, -0.05) is 23.0 Å². The molecule has 0 saturated carbocycles. The molecule has 1 aliphatic heterocycles. The first kappa shape index (κ1) is 23.6. The van der Waals surface area contributed by atoms with Gasteiger partial charge in [-0.25, -0.2) is 4.28 Å². The van der Waals surface area contributed by atoms with Crippen molar-refractivity contribution in [2.45, 2.75) is 36.3 Å². The van der Waals surface area contributed by atoms with E-state index < -0.39 is 46.9 Å². The Morgan fingerprint density at radius 1 is 1.24 bits per heavy atom. The first-order valence-corrected chi connectivity index (χ1v) is 10.4. The lowest BCUT2D eigenvalue weighted by atomic mass is 10.0. The fourth-order valence-corrected chi connectivity index (χ4v) is 3.82. The summed E-state index contributed by atoms with van der Waals surface area (Å²) in [5, 5.41) is 52.0. The molecule has 29 heavy (non-hydrogen) atoms. The van der Waals surface area contributed by atoms with E-state index in [1.807, 2.05) is 0 Å². The minimum absolute atomic E-state index is 0.105. The summed E-state index contributed by atoms with van der Waals surface area (Å²) >= 11 is 0.644. The fraction of sp³-hybridized carbons (Fsp3) is 0.533. The summed E-state index contributed by atoms with van der Waals surface area (Å²) in [6.07, 6.45) is -6.10. The number of methoxy groups -OCH3 is 1. The Morgan fingerprint density at radius 3 is 2.52 bits per heavy atom. The smallest absolute Gasteiger partial charge is 0.466 e. The highest BCUT2D eigenvalue weighted by atomic mass is 32.3. The van der Waals surface area contributed by atoms with E-state index in [1.54, 1.807) is 0 Å². The van der Waals surface area contributed by atoms with Crippen molar-refractivity contribution in [3.63, 3.8) is 0 Å². The molecule has 6 N–H and O–H groups in total. The van der Waals surface area contributed by atoms with Crippen LogP contribution in [-0.4, -0.2) is 87.1 Å². The van der Waals surface area contributed by atoms with E-state index in [0.717, 1.165) is 0 Å². The van der Waals surface area contributed by atoms with Gasteiger partial charge in [0.1, 0.15) is 34.9 Å². The predicted molar refractivity (Wildman–Crippen MR) is 99.8 cm³/mol. The molecule has 0 aromatic heterocycles. The van der Waals surface area contributed by atoms with Crippen LogP contribution in [0.15, 0.2) is 23.4 Å². The zero-order valence-corrected chi connectivity index (χ0v) is 16.7. The number of rotatable bonds is 7. The molecule has 0 amide bonds. The van der Waals surface area contributed by atoms with E-state index >= 15 is 0 Å². The van der Waals surface area contributed by atoms with Gasteiger partial charge in [-0.3, -0.25) is 4.55 Å². The molecule has 1 saturated heterocycles. The number of ether oxygens (including phenoxy) is 2. The molecule has 164 valence electrons. The Balaban J connectivity index is 2.26. The summed E-state index contributed by atoms with van der Waals surface area (Å²) < 4.78 is 44.8. The average Bonchev–Trinajstić information content (AvgIpc) is 2.67. The molecule has 5 atom stereocenters. The van der Waals surface area contributed by atoms with Crippen molar-refractivity contribution in [1.82, 2.24) is 0 Å². The number of benzene rings is 1. The number of aliphatic hydroxyl groups is 4. The Bertz CT molecular complexity index is 830. The Hall–Kier alpha value is -1.65. The SMILES string of the molecule is COc1cc(CC(=NOS(=O)(=O)O)S[C@@H]2O[C@H](CO)[C@H](O)[C@H](O)[C@H]2O)ccc1O. The average molecular weight is 455 g/mol.